The van der Waals surface area contributed by atoms with E-state index in [1.54, 1.807) is 36.4 Å². The van der Waals surface area contributed by atoms with E-state index >= 15 is 0 Å². The van der Waals surface area contributed by atoms with E-state index in [9.17, 15) is 13.2 Å². The van der Waals surface area contributed by atoms with E-state index < -0.39 is 10.0 Å². The van der Waals surface area contributed by atoms with Gasteiger partial charge in [-0.15, -0.1) is 0 Å². The number of hydrogen-bond acceptors (Lipinski definition) is 4. The summed E-state index contributed by atoms with van der Waals surface area (Å²) in [6.45, 7) is 6.51. The van der Waals surface area contributed by atoms with Gasteiger partial charge in [-0.3, -0.25) is 9.10 Å². The Kier molecular flexibility index (Phi) is 6.10. The molecule has 1 N–H and O–H groups in total. The Morgan fingerprint density at radius 2 is 2.00 bits per heavy atom. The van der Waals surface area contributed by atoms with E-state index in [4.69, 9.17) is 16.3 Å². The molecule has 0 fully saturated rings. The zero-order valence-electron chi connectivity index (χ0n) is 16.9. The molecular weight excluding hydrogens is 412 g/mol. The van der Waals surface area contributed by atoms with Gasteiger partial charge in [0.1, 0.15) is 5.75 Å². The molecule has 1 amide bonds. The Bertz CT molecular complexity index is 1040. The Morgan fingerprint density at radius 3 is 2.62 bits per heavy atom. The summed E-state index contributed by atoms with van der Waals surface area (Å²) in [5.41, 5.74) is 2.49. The molecule has 3 rings (SSSR count). The van der Waals surface area contributed by atoms with Crippen LogP contribution in [0, 0.1) is 5.92 Å². The number of nitrogens with zero attached hydrogens (tertiary/aromatic N) is 1. The van der Waals surface area contributed by atoms with E-state index in [-0.39, 0.29) is 11.9 Å². The van der Waals surface area contributed by atoms with E-state index in [0.717, 1.165) is 5.56 Å². The summed E-state index contributed by atoms with van der Waals surface area (Å²) in [7, 11) is -3.36. The van der Waals surface area contributed by atoms with Crippen LogP contribution in [0.1, 0.15) is 36.7 Å². The maximum absolute atomic E-state index is 12.7. The second-order valence-corrected chi connectivity index (χ2v) is 10.0. The molecule has 1 aliphatic heterocycles. The lowest BCUT2D eigenvalue weighted by Gasteiger charge is -2.21. The van der Waals surface area contributed by atoms with E-state index in [1.807, 2.05) is 6.92 Å². The molecule has 0 aliphatic carbocycles. The lowest BCUT2D eigenvalue weighted by molar-refractivity contribution is 0.102. The predicted octanol–water partition coefficient (Wildman–Crippen LogP) is 4.34. The molecule has 2 aromatic rings. The van der Waals surface area contributed by atoms with Crippen LogP contribution < -0.4 is 14.4 Å². The first kappa shape index (κ1) is 21.5. The van der Waals surface area contributed by atoms with Crippen LogP contribution in [0.25, 0.3) is 0 Å². The summed E-state index contributed by atoms with van der Waals surface area (Å²) in [4.78, 5) is 12.7. The maximum Gasteiger partial charge on any atom is 0.255 e. The highest BCUT2D eigenvalue weighted by molar-refractivity contribution is 7.92. The summed E-state index contributed by atoms with van der Waals surface area (Å²) in [5.74, 6) is 0.669. The third-order valence-electron chi connectivity index (χ3n) is 4.61. The van der Waals surface area contributed by atoms with Gasteiger partial charge in [-0.05, 0) is 61.2 Å². The highest BCUT2D eigenvalue weighted by Crippen LogP contribution is 2.35. The summed E-state index contributed by atoms with van der Waals surface area (Å²) in [6, 6.07) is 10.0. The smallest absolute Gasteiger partial charge is 0.255 e. The van der Waals surface area contributed by atoms with Crippen LogP contribution in [0.2, 0.25) is 5.02 Å². The van der Waals surface area contributed by atoms with Crippen LogP contribution in [0.4, 0.5) is 11.4 Å². The third kappa shape index (κ3) is 4.85. The van der Waals surface area contributed by atoms with Gasteiger partial charge in [0, 0.05) is 17.3 Å². The predicted molar refractivity (Wildman–Crippen MR) is 117 cm³/mol. The van der Waals surface area contributed by atoms with Crippen molar-refractivity contribution in [2.24, 2.45) is 5.92 Å². The van der Waals surface area contributed by atoms with Crippen molar-refractivity contribution >= 4 is 38.9 Å². The van der Waals surface area contributed by atoms with Crippen LogP contribution in [0.3, 0.4) is 0 Å². The van der Waals surface area contributed by atoms with Crippen molar-refractivity contribution < 1.29 is 17.9 Å². The Morgan fingerprint density at radius 1 is 1.28 bits per heavy atom. The Hall–Kier alpha value is -2.25. The number of nitrogens with one attached hydrogen (secondary N) is 1. The quantitative estimate of drug-likeness (QED) is 0.730. The van der Waals surface area contributed by atoms with Crippen LogP contribution in [-0.4, -0.2) is 33.2 Å². The lowest BCUT2D eigenvalue weighted by atomic mass is 10.1. The van der Waals surface area contributed by atoms with Gasteiger partial charge in [0.2, 0.25) is 10.0 Å². The minimum absolute atomic E-state index is 0.171. The van der Waals surface area contributed by atoms with Gasteiger partial charge < -0.3 is 10.1 Å². The monoisotopic (exact) mass is 436 g/mol. The van der Waals surface area contributed by atoms with Gasteiger partial charge in [0.05, 0.1) is 23.6 Å². The van der Waals surface area contributed by atoms with Crippen molar-refractivity contribution in [3.63, 3.8) is 0 Å². The molecule has 1 atom stereocenters. The number of ether oxygens (including phenoxy) is 1. The second-order valence-electron chi connectivity index (χ2n) is 7.76. The summed E-state index contributed by atoms with van der Waals surface area (Å²) >= 11 is 6.26. The van der Waals surface area contributed by atoms with Crippen molar-refractivity contribution in [2.75, 3.05) is 22.5 Å². The van der Waals surface area contributed by atoms with Gasteiger partial charge in [-0.25, -0.2) is 8.42 Å². The molecule has 2 aromatic carbocycles. The number of sulfonamides is 1. The average molecular weight is 437 g/mol. The third-order valence-corrected chi connectivity index (χ3v) is 6.18. The number of carbonyl (C=O) groups excluding carboxylic acids is 1. The fraction of sp³-hybridized carbons (Fsp3) is 0.381. The fourth-order valence-corrected chi connectivity index (χ4v) is 4.90. The highest BCUT2D eigenvalue weighted by Gasteiger charge is 2.32. The number of hydrogen-bond donors (Lipinski definition) is 1. The number of anilines is 2. The van der Waals surface area contributed by atoms with Gasteiger partial charge in [0.25, 0.3) is 5.91 Å². The normalized spacial score (nSPS) is 16.1. The number of halogens is 1. The van der Waals surface area contributed by atoms with Crippen LogP contribution in [-0.2, 0) is 16.4 Å². The van der Waals surface area contributed by atoms with Crippen LogP contribution in [0.15, 0.2) is 36.4 Å². The first-order chi connectivity index (χ1) is 13.6. The van der Waals surface area contributed by atoms with Crippen molar-refractivity contribution in [3.8, 4) is 5.75 Å². The van der Waals surface area contributed by atoms with Crippen molar-refractivity contribution in [3.05, 3.63) is 52.5 Å². The molecular formula is C21H25ClN2O4S. The second kappa shape index (κ2) is 8.24. The average Bonchev–Trinajstić information content (AvgIpc) is 2.95. The molecule has 1 unspecified atom stereocenters. The van der Waals surface area contributed by atoms with Gasteiger partial charge >= 0.3 is 0 Å². The van der Waals surface area contributed by atoms with Crippen molar-refractivity contribution in [1.29, 1.82) is 0 Å². The van der Waals surface area contributed by atoms with Gasteiger partial charge in [0.15, 0.2) is 0 Å². The Balaban J connectivity index is 1.76. The number of benzene rings is 2. The molecule has 6 nitrogen and oxygen atoms in total. The molecule has 156 valence electrons. The van der Waals surface area contributed by atoms with Crippen molar-refractivity contribution in [2.45, 2.75) is 33.2 Å². The molecule has 0 saturated carbocycles. The minimum Gasteiger partial charge on any atom is -0.492 e. The largest absolute Gasteiger partial charge is 0.492 e. The highest BCUT2D eigenvalue weighted by atomic mass is 35.5. The topological polar surface area (TPSA) is 75.7 Å². The number of carbonyl (C=O) groups is 1. The minimum atomic E-state index is -3.36. The molecule has 0 spiro atoms. The van der Waals surface area contributed by atoms with Crippen molar-refractivity contribution in [1.82, 2.24) is 0 Å². The van der Waals surface area contributed by atoms with Gasteiger partial charge in [-0.2, -0.15) is 0 Å². The summed E-state index contributed by atoms with van der Waals surface area (Å²) < 4.78 is 31.1. The fourth-order valence-electron chi connectivity index (χ4n) is 3.40. The molecule has 0 aromatic heterocycles. The van der Waals surface area contributed by atoms with E-state index in [2.05, 4.69) is 19.2 Å². The number of fused-ring (bicyclic) bond motifs is 1. The molecule has 0 bridgehead atoms. The molecule has 1 heterocycles. The summed E-state index contributed by atoms with van der Waals surface area (Å²) in [6.07, 6.45) is 1.76. The molecule has 0 saturated heterocycles. The van der Waals surface area contributed by atoms with Crippen LogP contribution in [0.5, 0.6) is 5.75 Å². The zero-order valence-corrected chi connectivity index (χ0v) is 18.5. The summed E-state index contributed by atoms with van der Waals surface area (Å²) in [5, 5.41) is 3.25. The number of rotatable bonds is 6. The Labute approximate surface area is 176 Å². The lowest BCUT2D eigenvalue weighted by Crippen LogP contribution is -2.34. The van der Waals surface area contributed by atoms with Gasteiger partial charge in [-0.1, -0.05) is 25.4 Å². The van der Waals surface area contributed by atoms with Crippen LogP contribution >= 0.6 is 11.6 Å². The standard InChI is InChI=1S/C21H25ClN2O4S/c1-13(2)12-28-20-8-6-17(11-18(20)22)23-21(25)15-5-7-19-16(10-15)9-14(3)24(19)29(4,26)27/h5-8,10-11,13-14H,9,12H2,1-4H3,(H,23,25). The maximum atomic E-state index is 12.7. The zero-order chi connectivity index (χ0) is 21.3. The van der Waals surface area contributed by atoms with E-state index in [1.165, 1.54) is 10.6 Å². The first-order valence-electron chi connectivity index (χ1n) is 9.42. The first-order valence-corrected chi connectivity index (χ1v) is 11.6. The van der Waals surface area contributed by atoms with E-state index in [0.29, 0.717) is 46.7 Å². The molecule has 8 heteroatoms. The molecule has 29 heavy (non-hydrogen) atoms. The molecule has 0 radical (unpaired) electrons. The number of amides is 1. The molecule has 1 aliphatic rings. The SMILES string of the molecule is CC(C)COc1ccc(NC(=O)c2ccc3c(c2)CC(C)N3S(C)(=O)=O)cc1Cl.